The van der Waals surface area contributed by atoms with Crippen molar-refractivity contribution < 1.29 is 19.1 Å². The van der Waals surface area contributed by atoms with E-state index in [1.165, 1.54) is 0 Å². The van der Waals surface area contributed by atoms with Crippen LogP contribution in [0.5, 0.6) is 0 Å². The molecule has 1 heterocycles. The predicted octanol–water partition coefficient (Wildman–Crippen LogP) is -0.429. The van der Waals surface area contributed by atoms with Crippen molar-refractivity contribution in [2.45, 2.75) is 13.3 Å². The van der Waals surface area contributed by atoms with Crippen LogP contribution in [0.3, 0.4) is 0 Å². The van der Waals surface area contributed by atoms with Gasteiger partial charge in [0.2, 0.25) is 0 Å². The molecule has 2 amide bonds. The van der Waals surface area contributed by atoms with Crippen LogP contribution in [0.4, 0.5) is 4.79 Å². The van der Waals surface area contributed by atoms with Gasteiger partial charge in [0.15, 0.2) is 0 Å². The van der Waals surface area contributed by atoms with Crippen molar-refractivity contribution >= 4 is 12.0 Å². The average molecular weight is 273 g/mol. The van der Waals surface area contributed by atoms with Crippen LogP contribution < -0.4 is 10.6 Å². The molecule has 0 aromatic rings. The van der Waals surface area contributed by atoms with Gasteiger partial charge in [-0.15, -0.1) is 0 Å². The summed E-state index contributed by atoms with van der Waals surface area (Å²) in [6, 6.07) is -0.252. The Morgan fingerprint density at radius 1 is 1.21 bits per heavy atom. The highest BCUT2D eigenvalue weighted by Crippen LogP contribution is 1.94. The van der Waals surface area contributed by atoms with E-state index in [0.717, 1.165) is 32.8 Å². The topological polar surface area (TPSA) is 79.9 Å². The minimum atomic E-state index is -0.295. The summed E-state index contributed by atoms with van der Waals surface area (Å²) >= 11 is 0. The third kappa shape index (κ3) is 7.63. The van der Waals surface area contributed by atoms with Gasteiger partial charge in [0.1, 0.15) is 0 Å². The van der Waals surface area contributed by atoms with Gasteiger partial charge in [-0.05, 0) is 6.92 Å². The molecular weight excluding hydrogens is 250 g/mol. The number of amides is 2. The van der Waals surface area contributed by atoms with Crippen LogP contribution in [0.25, 0.3) is 0 Å². The first-order chi connectivity index (χ1) is 9.22. The first-order valence-electron chi connectivity index (χ1n) is 6.69. The molecule has 0 atom stereocenters. The molecular formula is C12H23N3O4. The standard InChI is InChI=1S/C12H23N3O4/c1-2-19-11(16)3-4-13-12(17)14-5-6-15-7-9-18-10-8-15/h2-10H2,1H3,(H2,13,14,17). The summed E-state index contributed by atoms with van der Waals surface area (Å²) in [5, 5.41) is 5.37. The quantitative estimate of drug-likeness (QED) is 0.615. The number of nitrogens with one attached hydrogen (secondary N) is 2. The summed E-state index contributed by atoms with van der Waals surface area (Å²) in [5.74, 6) is -0.295. The Balaban J connectivity index is 1.96. The van der Waals surface area contributed by atoms with E-state index < -0.39 is 0 Å². The number of nitrogens with zero attached hydrogens (tertiary/aromatic N) is 1. The van der Waals surface area contributed by atoms with Crippen molar-refractivity contribution in [2.24, 2.45) is 0 Å². The number of carbonyl (C=O) groups is 2. The van der Waals surface area contributed by atoms with Gasteiger partial charge in [0.05, 0.1) is 26.2 Å². The fourth-order valence-electron chi connectivity index (χ4n) is 1.73. The minimum absolute atomic E-state index is 0.199. The molecule has 0 saturated carbocycles. The summed E-state index contributed by atoms with van der Waals surface area (Å²) < 4.78 is 9.99. The number of ether oxygens (including phenoxy) is 2. The molecule has 0 bridgehead atoms. The Kier molecular flexibility index (Phi) is 7.92. The van der Waals surface area contributed by atoms with Gasteiger partial charge in [-0.2, -0.15) is 0 Å². The summed E-state index contributed by atoms with van der Waals surface area (Å²) in [7, 11) is 0. The van der Waals surface area contributed by atoms with Crippen molar-refractivity contribution in [3.8, 4) is 0 Å². The average Bonchev–Trinajstić information content (AvgIpc) is 2.40. The molecule has 19 heavy (non-hydrogen) atoms. The van der Waals surface area contributed by atoms with E-state index in [1.807, 2.05) is 0 Å². The van der Waals surface area contributed by atoms with Crippen molar-refractivity contribution in [3.05, 3.63) is 0 Å². The molecule has 0 radical (unpaired) electrons. The summed E-state index contributed by atoms with van der Waals surface area (Å²) in [6.45, 7) is 7.14. The summed E-state index contributed by atoms with van der Waals surface area (Å²) in [6.07, 6.45) is 0.199. The van der Waals surface area contributed by atoms with E-state index >= 15 is 0 Å². The van der Waals surface area contributed by atoms with Gasteiger partial charge in [-0.25, -0.2) is 4.79 Å². The summed E-state index contributed by atoms with van der Waals surface area (Å²) in [4.78, 5) is 24.7. The zero-order valence-electron chi connectivity index (χ0n) is 11.4. The van der Waals surface area contributed by atoms with E-state index in [4.69, 9.17) is 9.47 Å². The zero-order valence-corrected chi connectivity index (χ0v) is 11.4. The molecule has 0 unspecified atom stereocenters. The van der Waals surface area contributed by atoms with Crippen molar-refractivity contribution in [2.75, 3.05) is 52.5 Å². The second-order valence-electron chi connectivity index (χ2n) is 4.19. The van der Waals surface area contributed by atoms with Crippen LogP contribution in [0, 0.1) is 0 Å². The zero-order chi connectivity index (χ0) is 13.9. The van der Waals surface area contributed by atoms with E-state index in [-0.39, 0.29) is 18.4 Å². The maximum atomic E-state index is 11.4. The van der Waals surface area contributed by atoms with Gasteiger partial charge in [0.25, 0.3) is 0 Å². The smallest absolute Gasteiger partial charge is 0.314 e. The molecule has 1 fully saturated rings. The van der Waals surface area contributed by atoms with Crippen molar-refractivity contribution in [1.82, 2.24) is 15.5 Å². The SMILES string of the molecule is CCOC(=O)CCNC(=O)NCCN1CCOCC1. The number of esters is 1. The Labute approximate surface area is 113 Å². The Morgan fingerprint density at radius 3 is 2.58 bits per heavy atom. The predicted molar refractivity (Wildman–Crippen MR) is 69.9 cm³/mol. The lowest BCUT2D eigenvalue weighted by molar-refractivity contribution is -0.142. The normalized spacial score (nSPS) is 15.8. The number of urea groups is 1. The van der Waals surface area contributed by atoms with E-state index in [1.54, 1.807) is 6.92 Å². The largest absolute Gasteiger partial charge is 0.466 e. The van der Waals surface area contributed by atoms with Crippen LogP contribution in [-0.4, -0.2) is 69.4 Å². The van der Waals surface area contributed by atoms with Crippen LogP contribution in [0.15, 0.2) is 0 Å². The fraction of sp³-hybridized carbons (Fsp3) is 0.833. The molecule has 0 aliphatic carbocycles. The van der Waals surface area contributed by atoms with Gasteiger partial charge in [-0.1, -0.05) is 0 Å². The van der Waals surface area contributed by atoms with Gasteiger partial charge < -0.3 is 20.1 Å². The lowest BCUT2D eigenvalue weighted by atomic mass is 10.4. The van der Waals surface area contributed by atoms with Crippen LogP contribution in [0.1, 0.15) is 13.3 Å². The molecule has 1 saturated heterocycles. The number of carbonyl (C=O) groups excluding carboxylic acids is 2. The summed E-state index contributed by atoms with van der Waals surface area (Å²) in [5.41, 5.74) is 0. The molecule has 110 valence electrons. The maximum absolute atomic E-state index is 11.4. The van der Waals surface area contributed by atoms with Crippen molar-refractivity contribution in [1.29, 1.82) is 0 Å². The number of morpholine rings is 1. The monoisotopic (exact) mass is 273 g/mol. The number of hydrogen-bond donors (Lipinski definition) is 2. The first kappa shape index (κ1) is 15.7. The lowest BCUT2D eigenvalue weighted by Crippen LogP contribution is -2.44. The molecule has 1 rings (SSSR count). The highest BCUT2D eigenvalue weighted by Gasteiger charge is 2.10. The Bertz CT molecular complexity index is 280. The molecule has 7 nitrogen and oxygen atoms in total. The van der Waals surface area contributed by atoms with Crippen LogP contribution in [-0.2, 0) is 14.3 Å². The Hall–Kier alpha value is -1.34. The highest BCUT2D eigenvalue weighted by atomic mass is 16.5. The third-order valence-electron chi connectivity index (χ3n) is 2.74. The molecule has 7 heteroatoms. The number of hydrogen-bond acceptors (Lipinski definition) is 5. The van der Waals surface area contributed by atoms with E-state index in [9.17, 15) is 9.59 Å². The second kappa shape index (κ2) is 9.57. The Morgan fingerprint density at radius 2 is 1.89 bits per heavy atom. The first-order valence-corrected chi connectivity index (χ1v) is 6.69. The molecule has 0 aromatic carbocycles. The molecule has 2 N–H and O–H groups in total. The van der Waals surface area contributed by atoms with Crippen LogP contribution >= 0.6 is 0 Å². The fourth-order valence-corrected chi connectivity index (χ4v) is 1.73. The highest BCUT2D eigenvalue weighted by molar-refractivity contribution is 5.75. The molecule has 0 spiro atoms. The van der Waals surface area contributed by atoms with E-state index in [2.05, 4.69) is 15.5 Å². The van der Waals surface area contributed by atoms with E-state index in [0.29, 0.717) is 19.7 Å². The van der Waals surface area contributed by atoms with Gasteiger partial charge in [-0.3, -0.25) is 9.69 Å². The van der Waals surface area contributed by atoms with Crippen molar-refractivity contribution in [3.63, 3.8) is 0 Å². The van der Waals surface area contributed by atoms with Gasteiger partial charge >= 0.3 is 12.0 Å². The minimum Gasteiger partial charge on any atom is -0.466 e. The molecule has 0 aromatic heterocycles. The lowest BCUT2D eigenvalue weighted by Gasteiger charge is -2.26. The molecule has 1 aliphatic rings. The number of rotatable bonds is 7. The molecule has 1 aliphatic heterocycles. The third-order valence-corrected chi connectivity index (χ3v) is 2.74. The van der Waals surface area contributed by atoms with Crippen LogP contribution in [0.2, 0.25) is 0 Å². The maximum Gasteiger partial charge on any atom is 0.314 e. The second-order valence-corrected chi connectivity index (χ2v) is 4.19. The van der Waals surface area contributed by atoms with Gasteiger partial charge in [0, 0.05) is 32.7 Å².